The second kappa shape index (κ2) is 7.03. The highest BCUT2D eigenvalue weighted by Crippen LogP contribution is 2.26. The summed E-state index contributed by atoms with van der Waals surface area (Å²) >= 11 is 7.69. The molecule has 1 N–H and O–H groups in total. The van der Waals surface area contributed by atoms with Gasteiger partial charge in [0.25, 0.3) is 0 Å². The third kappa shape index (κ3) is 3.84. The number of thiophene rings is 1. The summed E-state index contributed by atoms with van der Waals surface area (Å²) in [7, 11) is 0. The number of nitrogens with zero attached hydrogens (tertiary/aromatic N) is 2. The molecule has 0 aliphatic carbocycles. The highest BCUT2D eigenvalue weighted by Gasteiger charge is 2.24. The number of carbonyl (C=O) groups is 1. The van der Waals surface area contributed by atoms with Crippen LogP contribution in [0.4, 0.5) is 5.69 Å². The molecule has 23 heavy (non-hydrogen) atoms. The first-order chi connectivity index (χ1) is 11.2. The van der Waals surface area contributed by atoms with Gasteiger partial charge in [0.2, 0.25) is 5.91 Å². The van der Waals surface area contributed by atoms with Gasteiger partial charge in [-0.3, -0.25) is 4.79 Å². The number of hydrogen-bond donors (Lipinski definition) is 1. The maximum absolute atomic E-state index is 12.1. The van der Waals surface area contributed by atoms with E-state index in [2.05, 4.69) is 16.3 Å². The third-order valence-corrected chi connectivity index (χ3v) is 5.10. The zero-order valence-corrected chi connectivity index (χ0v) is 14.0. The monoisotopic (exact) mass is 345 g/mol. The Morgan fingerprint density at radius 1 is 1.48 bits per heavy atom. The van der Waals surface area contributed by atoms with Gasteiger partial charge < -0.3 is 10.2 Å². The summed E-state index contributed by atoms with van der Waals surface area (Å²) in [6.07, 6.45) is 1.35. The quantitative estimate of drug-likeness (QED) is 0.925. The maximum Gasteiger partial charge on any atom is 0.225 e. The zero-order chi connectivity index (χ0) is 16.2. The van der Waals surface area contributed by atoms with Crippen LogP contribution in [0, 0.1) is 11.3 Å². The van der Waals surface area contributed by atoms with Gasteiger partial charge in [0.05, 0.1) is 17.0 Å². The number of carbonyl (C=O) groups excluding carboxylic acids is 1. The smallest absolute Gasteiger partial charge is 0.225 e. The second-order valence-electron chi connectivity index (χ2n) is 5.53. The Morgan fingerprint density at radius 2 is 2.35 bits per heavy atom. The maximum atomic E-state index is 12.1. The Hall–Kier alpha value is -2.03. The molecule has 1 aromatic heterocycles. The molecule has 2 heterocycles. The van der Waals surface area contributed by atoms with E-state index < -0.39 is 0 Å². The van der Waals surface area contributed by atoms with Crippen molar-refractivity contribution in [2.24, 2.45) is 0 Å². The van der Waals surface area contributed by atoms with Crippen molar-refractivity contribution in [3.63, 3.8) is 0 Å². The van der Waals surface area contributed by atoms with Gasteiger partial charge in [0.1, 0.15) is 6.07 Å². The number of rotatable bonds is 4. The summed E-state index contributed by atoms with van der Waals surface area (Å²) in [4.78, 5) is 15.3. The lowest BCUT2D eigenvalue weighted by molar-refractivity contribution is -0.120. The van der Waals surface area contributed by atoms with Crippen LogP contribution in [0.2, 0.25) is 5.02 Å². The molecule has 4 nitrogen and oxygen atoms in total. The fourth-order valence-corrected chi connectivity index (χ4v) is 3.67. The summed E-state index contributed by atoms with van der Waals surface area (Å²) in [5.41, 5.74) is 1.47. The summed E-state index contributed by atoms with van der Waals surface area (Å²) in [5, 5.41) is 14.5. The summed E-state index contributed by atoms with van der Waals surface area (Å²) in [6.45, 7) is 1.63. The minimum Gasteiger partial charge on any atom is -0.369 e. The van der Waals surface area contributed by atoms with Crippen LogP contribution in [-0.4, -0.2) is 25.0 Å². The van der Waals surface area contributed by atoms with Crippen LogP contribution in [0.15, 0.2) is 35.7 Å². The third-order valence-electron chi connectivity index (χ3n) is 3.91. The molecule has 0 spiro atoms. The van der Waals surface area contributed by atoms with E-state index in [4.69, 9.17) is 16.9 Å². The Morgan fingerprint density at radius 3 is 3.04 bits per heavy atom. The molecule has 6 heteroatoms. The average Bonchev–Trinajstić information content (AvgIpc) is 3.19. The first-order valence-corrected chi connectivity index (χ1v) is 8.68. The van der Waals surface area contributed by atoms with Crippen molar-refractivity contribution in [2.75, 3.05) is 18.0 Å². The van der Waals surface area contributed by atoms with Crippen LogP contribution >= 0.6 is 22.9 Å². The second-order valence-corrected chi connectivity index (χ2v) is 6.97. The number of amides is 1. The molecule has 0 bridgehead atoms. The van der Waals surface area contributed by atoms with E-state index >= 15 is 0 Å². The van der Waals surface area contributed by atoms with Gasteiger partial charge in [-0.1, -0.05) is 17.7 Å². The minimum absolute atomic E-state index is 0.0668. The highest BCUT2D eigenvalue weighted by atomic mass is 35.5. The van der Waals surface area contributed by atoms with Crippen molar-refractivity contribution in [1.29, 1.82) is 5.26 Å². The molecule has 1 fully saturated rings. The predicted molar refractivity (Wildman–Crippen MR) is 93.0 cm³/mol. The Bertz CT molecular complexity index is 739. The van der Waals surface area contributed by atoms with E-state index in [-0.39, 0.29) is 11.9 Å². The average molecular weight is 346 g/mol. The Kier molecular flexibility index (Phi) is 4.85. The van der Waals surface area contributed by atoms with E-state index in [1.54, 1.807) is 17.4 Å². The van der Waals surface area contributed by atoms with Crippen molar-refractivity contribution in [3.8, 4) is 6.07 Å². The summed E-state index contributed by atoms with van der Waals surface area (Å²) < 4.78 is 0. The van der Waals surface area contributed by atoms with Gasteiger partial charge in [-0.25, -0.2) is 0 Å². The summed E-state index contributed by atoms with van der Waals surface area (Å²) in [5.74, 6) is 0.0668. The van der Waals surface area contributed by atoms with Crippen LogP contribution in [0.1, 0.15) is 16.9 Å². The SMILES string of the molecule is N#Cc1ccc(N2CC[C@@H](NC(=O)Cc3cccs3)C2)cc1Cl. The van der Waals surface area contributed by atoms with Crippen LogP contribution < -0.4 is 10.2 Å². The lowest BCUT2D eigenvalue weighted by atomic mass is 10.2. The standard InChI is InChI=1S/C17H16ClN3OS/c18-16-8-14(4-3-12(16)10-19)21-6-5-13(11-21)20-17(22)9-15-2-1-7-23-15/h1-4,7-8,13H,5-6,9,11H2,(H,20,22)/t13-/m1/s1. The lowest BCUT2D eigenvalue weighted by Gasteiger charge is -2.19. The van der Waals surface area contributed by atoms with Crippen molar-refractivity contribution in [1.82, 2.24) is 5.32 Å². The Labute approximate surface area is 144 Å². The van der Waals surface area contributed by atoms with Gasteiger partial charge >= 0.3 is 0 Å². The van der Waals surface area contributed by atoms with Crippen molar-refractivity contribution < 1.29 is 4.79 Å². The molecule has 1 amide bonds. The molecule has 0 unspecified atom stereocenters. The number of nitriles is 1. The number of nitrogens with one attached hydrogen (secondary N) is 1. The number of halogens is 1. The van der Waals surface area contributed by atoms with Gasteiger partial charge in [-0.2, -0.15) is 5.26 Å². The van der Waals surface area contributed by atoms with Crippen LogP contribution in [0.25, 0.3) is 0 Å². The molecule has 3 rings (SSSR count). The molecule has 1 aromatic carbocycles. The molecule has 118 valence electrons. The normalized spacial score (nSPS) is 17.0. The van der Waals surface area contributed by atoms with E-state index in [1.807, 2.05) is 29.6 Å². The molecular formula is C17H16ClN3OS. The number of anilines is 1. The lowest BCUT2D eigenvalue weighted by Crippen LogP contribution is -2.37. The van der Waals surface area contributed by atoms with Gasteiger partial charge in [-0.05, 0) is 36.1 Å². The summed E-state index contributed by atoms with van der Waals surface area (Å²) in [6, 6.07) is 11.6. The first kappa shape index (κ1) is 15.9. The first-order valence-electron chi connectivity index (χ1n) is 7.42. The number of benzene rings is 1. The largest absolute Gasteiger partial charge is 0.369 e. The van der Waals surface area contributed by atoms with E-state index in [9.17, 15) is 4.79 Å². The zero-order valence-electron chi connectivity index (χ0n) is 12.5. The van der Waals surface area contributed by atoms with Crippen molar-refractivity contribution in [3.05, 3.63) is 51.2 Å². The van der Waals surface area contributed by atoms with E-state index in [0.29, 0.717) is 17.0 Å². The molecule has 0 saturated carbocycles. The minimum atomic E-state index is 0.0668. The molecular weight excluding hydrogens is 330 g/mol. The molecule has 1 saturated heterocycles. The molecule has 2 aromatic rings. The molecule has 1 aliphatic heterocycles. The fourth-order valence-electron chi connectivity index (χ4n) is 2.75. The molecule has 0 radical (unpaired) electrons. The highest BCUT2D eigenvalue weighted by molar-refractivity contribution is 7.10. The van der Waals surface area contributed by atoms with Crippen molar-refractivity contribution in [2.45, 2.75) is 18.9 Å². The van der Waals surface area contributed by atoms with Gasteiger partial charge in [-0.15, -0.1) is 11.3 Å². The molecule has 1 atom stereocenters. The van der Waals surface area contributed by atoms with Crippen LogP contribution in [-0.2, 0) is 11.2 Å². The Balaban J connectivity index is 1.57. The van der Waals surface area contributed by atoms with E-state index in [0.717, 1.165) is 30.1 Å². The van der Waals surface area contributed by atoms with E-state index in [1.165, 1.54) is 0 Å². The number of hydrogen-bond acceptors (Lipinski definition) is 4. The van der Waals surface area contributed by atoms with Gasteiger partial charge in [0, 0.05) is 29.7 Å². The topological polar surface area (TPSA) is 56.1 Å². The fraction of sp³-hybridized carbons (Fsp3) is 0.294. The predicted octanol–water partition coefficient (Wildman–Crippen LogP) is 3.21. The van der Waals surface area contributed by atoms with Gasteiger partial charge in [0.15, 0.2) is 0 Å². The van der Waals surface area contributed by atoms with Crippen LogP contribution in [0.5, 0.6) is 0 Å². The molecule has 1 aliphatic rings. The van der Waals surface area contributed by atoms with Crippen LogP contribution in [0.3, 0.4) is 0 Å². The van der Waals surface area contributed by atoms with Crippen molar-refractivity contribution >= 4 is 34.5 Å².